The highest BCUT2D eigenvalue weighted by atomic mass is 16.6. The molecule has 0 radical (unpaired) electrons. The highest BCUT2D eigenvalue weighted by Crippen LogP contribution is 2.26. The Kier molecular flexibility index (Phi) is 59.1. The van der Waals surface area contributed by atoms with Crippen molar-refractivity contribution in [2.45, 2.75) is 423 Å². The highest BCUT2D eigenvalue weighted by molar-refractivity contribution is 5.88. The van der Waals surface area contributed by atoms with Crippen LogP contribution in [0.3, 0.4) is 0 Å². The van der Waals surface area contributed by atoms with Crippen molar-refractivity contribution in [3.8, 4) is 0 Å². The molecule has 34 nitrogen and oxygen atoms in total. The van der Waals surface area contributed by atoms with E-state index in [2.05, 4.69) is 33.5 Å². The molecule has 34 heteroatoms. The predicted molar refractivity (Wildman–Crippen MR) is 484 cm³/mol. The fraction of sp³-hybridized carbons (Fsp3) is 0.849. The van der Waals surface area contributed by atoms with Gasteiger partial charge < -0.3 is 98.3 Å². The second-order valence-corrected chi connectivity index (χ2v) is 38.9. The zero-order valence-corrected chi connectivity index (χ0v) is 82.4. The molecule has 0 rings (SSSR count). The van der Waals surface area contributed by atoms with E-state index in [1.165, 1.54) is 12.8 Å². The minimum absolute atomic E-state index is 0.142. The summed E-state index contributed by atoms with van der Waals surface area (Å²) in [5.74, 6) is -6.08. The Morgan fingerprint density at radius 1 is 0.299 bits per heavy atom. The summed E-state index contributed by atoms with van der Waals surface area (Å²) in [5, 5.41) is 14.4. The van der Waals surface area contributed by atoms with Crippen molar-refractivity contribution in [1.29, 1.82) is 0 Å². The van der Waals surface area contributed by atoms with Crippen LogP contribution < -0.4 is 26.6 Å². The SMILES string of the molecule is CCCCCCCCCCC(NC(=O)CCCCCCCCCCCNC(=O)[C@@H](OC(C)=O)[C@@H](OC(C)=O)[C@@H](OC(C)=O)[C@H](COC(C)=O)OC(C)=O)C(=O)NCCCCCCC(CN(CCCCN(CCCNC(=O)OC(C)(C)C)C(=O)OC(C)(C)C)C(=O)OC(C)(C)C)CN(CCCCN(CCCNC(=O)OC(C)(C)C)C(=O)OC(C)(C)C)C(=O)OC(C)(C)C. The molecule has 0 fully saturated rings. The lowest BCUT2D eigenvalue weighted by atomic mass is 9.98. The molecule has 0 aromatic carbocycles. The predicted octanol–water partition coefficient (Wildman–Crippen LogP) is 16.3. The molecule has 0 aromatic rings. The van der Waals surface area contributed by atoms with E-state index in [4.69, 9.17) is 52.1 Å². The van der Waals surface area contributed by atoms with Gasteiger partial charge in [-0.1, -0.05) is 122 Å². The molecule has 0 aromatic heterocycles. The van der Waals surface area contributed by atoms with E-state index in [0.29, 0.717) is 83.6 Å². The quantitative estimate of drug-likeness (QED) is 0.0214. The molecule has 0 heterocycles. The largest absolute Gasteiger partial charge is 0.462 e. The number of alkyl carbamates (subject to hydrolysis) is 2. The maximum atomic E-state index is 14.5. The van der Waals surface area contributed by atoms with Crippen LogP contribution >= 0.6 is 0 Å². The number of carbonyl (C=O) groups excluding carboxylic acids is 14. The number of nitrogens with zero attached hydrogens (tertiary/aromatic N) is 4. The zero-order chi connectivity index (χ0) is 96.6. The lowest BCUT2D eigenvalue weighted by molar-refractivity contribution is -0.203. The molecule has 0 aliphatic rings. The molecule has 736 valence electrons. The number of rotatable bonds is 62. The first-order chi connectivity index (χ1) is 59.1. The Morgan fingerprint density at radius 2 is 0.614 bits per heavy atom. The number of carbonyl (C=O) groups is 14. The molecule has 1 unspecified atom stereocenters. The van der Waals surface area contributed by atoms with E-state index in [0.717, 1.165) is 131 Å². The Balaban J connectivity index is 6.62. The maximum Gasteiger partial charge on any atom is 0.410 e. The topological polar surface area (TPSA) is 414 Å². The van der Waals surface area contributed by atoms with E-state index in [-0.39, 0.29) is 96.1 Å². The molecule has 5 N–H and O–H groups in total. The lowest BCUT2D eigenvalue weighted by Crippen LogP contribution is -2.57. The lowest BCUT2D eigenvalue weighted by Gasteiger charge is -2.34. The Hall–Kier alpha value is -8.62. The van der Waals surface area contributed by atoms with Crippen LogP contribution in [-0.4, -0.2) is 253 Å². The number of ether oxygens (including phenoxy) is 11. The van der Waals surface area contributed by atoms with E-state index in [1.54, 1.807) is 144 Å². The molecule has 0 aliphatic carbocycles. The summed E-state index contributed by atoms with van der Waals surface area (Å²) in [6.07, 6.45) is 12.4. The highest BCUT2D eigenvalue weighted by Gasteiger charge is 2.47. The number of hydrogen-bond donors (Lipinski definition) is 5. The molecule has 0 spiro atoms. The molecule has 0 aliphatic heterocycles. The Labute approximate surface area is 760 Å². The van der Waals surface area contributed by atoms with Crippen molar-refractivity contribution in [2.24, 2.45) is 5.92 Å². The second kappa shape index (κ2) is 63.4. The Bertz CT molecular complexity index is 3130. The van der Waals surface area contributed by atoms with Crippen LogP contribution in [-0.2, 0) is 90.5 Å². The maximum absolute atomic E-state index is 14.5. The number of unbranched alkanes of at least 4 members (excludes halogenated alkanes) is 20. The standard InChI is InChI=1S/C93H169N9O25/c1-25-26-27-28-29-33-36-42-53-74(98-76(108)54-43-37-34-31-30-32-35-39-44-56-95-81(110)79(121-72(6)107)78(120-71(5)106)77(119-70(4)105)75(118-69(3)104)67-117-68(2)103)80(109)94-55-45-40-38-41-52-73(65-101(86(115)126-92(19,20)21)61-48-46-59-99(84(113)124-90(13,14)15)63-50-57-96-82(111)122-88(7,8)9)66-102(87(116)127-93(22,23)24)62-49-47-60-100(85(114)125-91(16,17)18)64-51-58-97-83(112)123-89(10,11)12/h73-75,77-79H,25-67H2,1-24H3,(H,94,109)(H,95,110)(H,96,111)(H,97,112)(H,98,108)/t74?,75-,77-,78-,79-/m0/s1. The van der Waals surface area contributed by atoms with Gasteiger partial charge >= 0.3 is 66.4 Å². The summed E-state index contributed by atoms with van der Waals surface area (Å²) in [4.78, 5) is 190. The third-order valence-electron chi connectivity index (χ3n) is 19.0. The monoisotopic (exact) mass is 1810 g/mol. The van der Waals surface area contributed by atoms with E-state index >= 15 is 0 Å². The van der Waals surface area contributed by atoms with Gasteiger partial charge in [-0.25, -0.2) is 28.8 Å². The fourth-order valence-corrected chi connectivity index (χ4v) is 13.4. The van der Waals surface area contributed by atoms with Gasteiger partial charge in [0.1, 0.15) is 46.3 Å². The molecule has 0 bridgehead atoms. The summed E-state index contributed by atoms with van der Waals surface area (Å²) in [6.45, 7) is 41.9. The van der Waals surface area contributed by atoms with E-state index in [9.17, 15) is 67.1 Å². The van der Waals surface area contributed by atoms with Crippen molar-refractivity contribution in [3.05, 3.63) is 0 Å². The van der Waals surface area contributed by atoms with Crippen molar-refractivity contribution in [1.82, 2.24) is 46.2 Å². The molecule has 0 saturated carbocycles. The molecule has 0 saturated heterocycles. The van der Waals surface area contributed by atoms with Gasteiger partial charge in [0.15, 0.2) is 18.3 Å². The van der Waals surface area contributed by atoms with Gasteiger partial charge in [-0.15, -0.1) is 0 Å². The van der Waals surface area contributed by atoms with Crippen LogP contribution in [0.15, 0.2) is 0 Å². The van der Waals surface area contributed by atoms with Crippen molar-refractivity contribution >= 4 is 84.1 Å². The number of nitrogens with one attached hydrogen (secondary N) is 5. The third-order valence-corrected chi connectivity index (χ3v) is 19.0. The summed E-state index contributed by atoms with van der Waals surface area (Å²) < 4.78 is 61.0. The fourth-order valence-electron chi connectivity index (χ4n) is 13.4. The molecule has 9 amide bonds. The summed E-state index contributed by atoms with van der Waals surface area (Å²) in [6, 6.07) is -0.700. The van der Waals surface area contributed by atoms with Gasteiger partial charge in [0, 0.05) is 120 Å². The normalized spacial score (nSPS) is 13.0. The second-order valence-electron chi connectivity index (χ2n) is 38.9. The first-order valence-corrected chi connectivity index (χ1v) is 46.6. The van der Waals surface area contributed by atoms with E-state index < -0.39 is 143 Å². The van der Waals surface area contributed by atoms with Crippen LogP contribution in [0.5, 0.6) is 0 Å². The van der Waals surface area contributed by atoms with Crippen molar-refractivity contribution in [2.75, 3.05) is 85.1 Å². The van der Waals surface area contributed by atoms with Crippen LogP contribution in [0.25, 0.3) is 0 Å². The minimum Gasteiger partial charge on any atom is -0.462 e. The Morgan fingerprint density at radius 3 is 0.984 bits per heavy atom. The molecular weight excluding hydrogens is 1640 g/mol. The van der Waals surface area contributed by atoms with Crippen LogP contribution in [0.1, 0.15) is 359 Å². The summed E-state index contributed by atoms with van der Waals surface area (Å²) in [5.41, 5.74) is -4.67. The van der Waals surface area contributed by atoms with Gasteiger partial charge in [0.25, 0.3) is 5.91 Å². The minimum atomic E-state index is -1.87. The van der Waals surface area contributed by atoms with Gasteiger partial charge in [-0.2, -0.15) is 0 Å². The average molecular weight is 1810 g/mol. The summed E-state index contributed by atoms with van der Waals surface area (Å²) >= 11 is 0. The number of esters is 5. The first kappa shape index (κ1) is 118. The van der Waals surface area contributed by atoms with Crippen molar-refractivity contribution < 1.29 is 119 Å². The third kappa shape index (κ3) is 66.4. The average Bonchev–Trinajstić information content (AvgIpc) is 0.815. The van der Waals surface area contributed by atoms with Gasteiger partial charge in [0.2, 0.25) is 17.9 Å². The number of amides is 9. The van der Waals surface area contributed by atoms with Gasteiger partial charge in [-0.3, -0.25) is 38.4 Å². The number of hydrogen-bond acceptors (Lipinski definition) is 25. The molecular formula is C93H169N9O25. The van der Waals surface area contributed by atoms with E-state index in [1.807, 2.05) is 0 Å². The molecule has 127 heavy (non-hydrogen) atoms. The van der Waals surface area contributed by atoms with Gasteiger partial charge in [-0.05, 0) is 201 Å². The zero-order valence-electron chi connectivity index (χ0n) is 82.4. The summed E-state index contributed by atoms with van der Waals surface area (Å²) in [7, 11) is 0. The van der Waals surface area contributed by atoms with Crippen LogP contribution in [0.2, 0.25) is 0 Å². The van der Waals surface area contributed by atoms with Crippen LogP contribution in [0.4, 0.5) is 28.8 Å². The molecule has 5 atom stereocenters. The van der Waals surface area contributed by atoms with Gasteiger partial charge in [0.05, 0.1) is 0 Å². The van der Waals surface area contributed by atoms with Crippen molar-refractivity contribution in [3.63, 3.8) is 0 Å². The smallest absolute Gasteiger partial charge is 0.410 e. The van der Waals surface area contributed by atoms with Crippen LogP contribution in [0, 0.1) is 5.92 Å². The first-order valence-electron chi connectivity index (χ1n) is 46.6.